The second-order valence-electron chi connectivity index (χ2n) is 4.36. The van der Waals surface area contributed by atoms with E-state index in [0.29, 0.717) is 0 Å². The van der Waals surface area contributed by atoms with Crippen molar-refractivity contribution in [1.29, 1.82) is 0 Å². The largest absolute Gasteiger partial charge is 0.480 e. The second kappa shape index (κ2) is 5.98. The molecule has 3 N–H and O–H groups in total. The molecule has 1 unspecified atom stereocenters. The highest BCUT2D eigenvalue weighted by molar-refractivity contribution is 5.83. The summed E-state index contributed by atoms with van der Waals surface area (Å²) in [5.41, 5.74) is -1.07. The lowest BCUT2D eigenvalue weighted by Gasteiger charge is -2.17. The number of nitrogens with one attached hydrogen (secondary N) is 2. The molecule has 19 heavy (non-hydrogen) atoms. The monoisotopic (exact) mass is 269 g/mol. The van der Waals surface area contributed by atoms with Gasteiger partial charge in [-0.3, -0.25) is 19.5 Å². The number of amides is 1. The van der Waals surface area contributed by atoms with Crippen LogP contribution in [0.4, 0.5) is 0 Å². The van der Waals surface area contributed by atoms with E-state index < -0.39 is 35.6 Å². The van der Waals surface area contributed by atoms with Crippen molar-refractivity contribution in [2.24, 2.45) is 5.92 Å². The van der Waals surface area contributed by atoms with Gasteiger partial charge < -0.3 is 10.4 Å². The number of carboxylic acid groups (broad SMARTS) is 1. The van der Waals surface area contributed by atoms with E-state index in [0.717, 1.165) is 16.8 Å². The van der Waals surface area contributed by atoms with Crippen molar-refractivity contribution in [3.8, 4) is 0 Å². The first kappa shape index (κ1) is 14.7. The molecule has 8 heteroatoms. The number of rotatable bonds is 5. The van der Waals surface area contributed by atoms with Gasteiger partial charge in [0.25, 0.3) is 11.1 Å². The highest BCUT2D eigenvalue weighted by atomic mass is 16.4. The molecule has 1 aromatic heterocycles. The van der Waals surface area contributed by atoms with Crippen molar-refractivity contribution in [1.82, 2.24) is 15.1 Å². The Morgan fingerprint density at radius 2 is 2.00 bits per heavy atom. The number of hydrogen-bond acceptors (Lipinski definition) is 4. The van der Waals surface area contributed by atoms with E-state index >= 15 is 0 Å². The summed E-state index contributed by atoms with van der Waals surface area (Å²) in [6.07, 6.45) is 0. The number of carbonyl (C=O) groups excluding carboxylic acids is 1. The summed E-state index contributed by atoms with van der Waals surface area (Å²) in [4.78, 5) is 44.9. The minimum Gasteiger partial charge on any atom is -0.480 e. The Balaban J connectivity index is 2.80. The topological polar surface area (TPSA) is 121 Å². The summed E-state index contributed by atoms with van der Waals surface area (Å²) >= 11 is 0. The van der Waals surface area contributed by atoms with Crippen LogP contribution in [0.1, 0.15) is 13.8 Å². The standard InChI is InChI=1S/C11H15N3O5/c1-6(2)10(11(18)19)12-8(16)5-14-9(17)4-3-7(15)13-14/h3-4,6,10H,5H2,1-2H3,(H,12,16)(H,13,15)(H,18,19). The van der Waals surface area contributed by atoms with E-state index in [-0.39, 0.29) is 5.92 Å². The zero-order chi connectivity index (χ0) is 14.6. The Morgan fingerprint density at radius 3 is 2.53 bits per heavy atom. The average Bonchev–Trinajstić information content (AvgIpc) is 2.30. The van der Waals surface area contributed by atoms with E-state index in [4.69, 9.17) is 5.11 Å². The normalized spacial score (nSPS) is 12.2. The summed E-state index contributed by atoms with van der Waals surface area (Å²) in [7, 11) is 0. The zero-order valence-electron chi connectivity index (χ0n) is 10.5. The molecule has 1 aromatic rings. The third kappa shape index (κ3) is 4.09. The summed E-state index contributed by atoms with van der Waals surface area (Å²) < 4.78 is 0.816. The van der Waals surface area contributed by atoms with Gasteiger partial charge in [0.1, 0.15) is 12.6 Å². The van der Waals surface area contributed by atoms with Gasteiger partial charge in [-0.2, -0.15) is 0 Å². The Morgan fingerprint density at radius 1 is 1.37 bits per heavy atom. The molecule has 0 aromatic carbocycles. The van der Waals surface area contributed by atoms with Gasteiger partial charge in [0.15, 0.2) is 0 Å². The molecule has 1 rings (SSSR count). The highest BCUT2D eigenvalue weighted by Gasteiger charge is 2.23. The smallest absolute Gasteiger partial charge is 0.326 e. The van der Waals surface area contributed by atoms with Crippen molar-refractivity contribution in [2.75, 3.05) is 0 Å². The molecule has 0 spiro atoms. The van der Waals surface area contributed by atoms with Crippen LogP contribution < -0.4 is 16.4 Å². The summed E-state index contributed by atoms with van der Waals surface area (Å²) in [6.45, 7) is 2.86. The Hall–Kier alpha value is -2.38. The number of aliphatic carboxylic acids is 1. The number of hydrogen-bond donors (Lipinski definition) is 3. The summed E-state index contributed by atoms with van der Waals surface area (Å²) in [6, 6.07) is 1.03. The number of carbonyl (C=O) groups is 2. The third-order valence-corrected chi connectivity index (χ3v) is 2.44. The van der Waals surface area contributed by atoms with Crippen molar-refractivity contribution < 1.29 is 14.7 Å². The van der Waals surface area contributed by atoms with Crippen molar-refractivity contribution in [3.05, 3.63) is 32.8 Å². The van der Waals surface area contributed by atoms with E-state index in [1.54, 1.807) is 13.8 Å². The van der Waals surface area contributed by atoms with Crippen molar-refractivity contribution in [2.45, 2.75) is 26.4 Å². The number of aromatic nitrogens is 2. The molecule has 0 aliphatic heterocycles. The van der Waals surface area contributed by atoms with Crippen LogP contribution in [0.2, 0.25) is 0 Å². The molecular formula is C11H15N3O5. The Kier molecular flexibility index (Phi) is 4.62. The third-order valence-electron chi connectivity index (χ3n) is 2.44. The second-order valence-corrected chi connectivity index (χ2v) is 4.36. The van der Waals surface area contributed by atoms with Gasteiger partial charge in [-0.15, -0.1) is 0 Å². The molecule has 0 fully saturated rings. The fourth-order valence-electron chi connectivity index (χ4n) is 1.46. The van der Waals surface area contributed by atoms with Gasteiger partial charge in [0.05, 0.1) is 0 Å². The number of nitrogens with zero attached hydrogens (tertiary/aromatic N) is 1. The molecule has 0 saturated heterocycles. The SMILES string of the molecule is CC(C)C(NC(=O)Cn1[nH]c(=O)ccc1=O)C(=O)O. The van der Waals surface area contributed by atoms with Crippen LogP contribution in [0, 0.1) is 5.92 Å². The van der Waals surface area contributed by atoms with Gasteiger partial charge in [-0.25, -0.2) is 9.48 Å². The van der Waals surface area contributed by atoms with Gasteiger partial charge in [0, 0.05) is 12.1 Å². The van der Waals surface area contributed by atoms with Crippen LogP contribution in [-0.4, -0.2) is 32.8 Å². The minimum atomic E-state index is -1.16. The van der Waals surface area contributed by atoms with Crippen LogP contribution in [0.3, 0.4) is 0 Å². The molecule has 0 bridgehead atoms. The highest BCUT2D eigenvalue weighted by Crippen LogP contribution is 2.01. The van der Waals surface area contributed by atoms with Crippen LogP contribution in [0.25, 0.3) is 0 Å². The molecule has 1 heterocycles. The van der Waals surface area contributed by atoms with E-state index in [9.17, 15) is 19.2 Å². The first-order chi connectivity index (χ1) is 8.81. The molecule has 0 aliphatic rings. The van der Waals surface area contributed by atoms with Crippen LogP contribution >= 0.6 is 0 Å². The maximum Gasteiger partial charge on any atom is 0.326 e. The lowest BCUT2D eigenvalue weighted by molar-refractivity contribution is -0.143. The van der Waals surface area contributed by atoms with Crippen molar-refractivity contribution in [3.63, 3.8) is 0 Å². The van der Waals surface area contributed by atoms with E-state index in [1.165, 1.54) is 0 Å². The summed E-state index contributed by atoms with van der Waals surface area (Å²) in [5, 5.41) is 13.4. The summed E-state index contributed by atoms with van der Waals surface area (Å²) in [5.74, 6) is -2.12. The predicted molar refractivity (Wildman–Crippen MR) is 65.7 cm³/mol. The van der Waals surface area contributed by atoms with Gasteiger partial charge >= 0.3 is 5.97 Å². The molecule has 0 saturated carbocycles. The quantitative estimate of drug-likeness (QED) is 0.617. The molecule has 0 aliphatic carbocycles. The Labute approximate surface area is 108 Å². The molecule has 1 atom stereocenters. The number of carboxylic acids is 1. The molecule has 8 nitrogen and oxygen atoms in total. The average molecular weight is 269 g/mol. The van der Waals surface area contributed by atoms with Gasteiger partial charge in [-0.1, -0.05) is 13.8 Å². The minimum absolute atomic E-state index is 0.298. The number of aromatic amines is 1. The molecule has 1 amide bonds. The van der Waals surface area contributed by atoms with E-state index in [1.807, 2.05) is 0 Å². The van der Waals surface area contributed by atoms with Gasteiger partial charge in [-0.05, 0) is 5.92 Å². The van der Waals surface area contributed by atoms with Crippen LogP contribution in [0.5, 0.6) is 0 Å². The predicted octanol–water partition coefficient (Wildman–Crippen LogP) is -1.24. The Bertz CT molecular complexity index is 586. The van der Waals surface area contributed by atoms with Crippen LogP contribution in [0.15, 0.2) is 21.7 Å². The van der Waals surface area contributed by atoms with Crippen molar-refractivity contribution >= 4 is 11.9 Å². The first-order valence-corrected chi connectivity index (χ1v) is 5.63. The first-order valence-electron chi connectivity index (χ1n) is 5.63. The molecule has 104 valence electrons. The van der Waals surface area contributed by atoms with E-state index in [2.05, 4.69) is 10.4 Å². The fraction of sp³-hybridized carbons (Fsp3) is 0.455. The maximum absolute atomic E-state index is 11.6. The zero-order valence-corrected chi connectivity index (χ0v) is 10.5. The van der Waals surface area contributed by atoms with Crippen LogP contribution in [-0.2, 0) is 16.1 Å². The lowest BCUT2D eigenvalue weighted by Crippen LogP contribution is -2.46. The maximum atomic E-state index is 11.6. The molecule has 0 radical (unpaired) electrons. The molecular weight excluding hydrogens is 254 g/mol. The van der Waals surface area contributed by atoms with Gasteiger partial charge in [0.2, 0.25) is 5.91 Å². The lowest BCUT2D eigenvalue weighted by atomic mass is 10.1. The fourth-order valence-corrected chi connectivity index (χ4v) is 1.46. The number of H-pyrrole nitrogens is 1.